The number of hydrogen-bond donors (Lipinski definition) is 0. The van der Waals surface area contributed by atoms with Crippen LogP contribution in [0.3, 0.4) is 0 Å². The third-order valence-corrected chi connectivity index (χ3v) is 6.19. The van der Waals surface area contributed by atoms with Crippen LogP contribution in [0.4, 0.5) is 0 Å². The quantitative estimate of drug-likeness (QED) is 0.336. The summed E-state index contributed by atoms with van der Waals surface area (Å²) >= 11 is 0. The predicted octanol–water partition coefficient (Wildman–Crippen LogP) is 6.22. The van der Waals surface area contributed by atoms with Gasteiger partial charge in [-0.1, -0.05) is 42.5 Å². The van der Waals surface area contributed by atoms with Crippen molar-refractivity contribution in [1.82, 2.24) is 14.5 Å². The second-order valence-corrected chi connectivity index (χ2v) is 7.80. The number of pyridine rings is 1. The Bertz CT molecular complexity index is 1590. The molecule has 0 saturated heterocycles. The van der Waals surface area contributed by atoms with Crippen molar-refractivity contribution in [2.75, 3.05) is 0 Å². The summed E-state index contributed by atoms with van der Waals surface area (Å²) in [6.45, 7) is 0.938. The highest BCUT2D eigenvalue weighted by Gasteiger charge is 2.23. The SMILES string of the molecule is c1ccc(-c2cccc3c2oc2c3ccc3c2nc2n3CCc3ccccc3-2)nc1. The van der Waals surface area contributed by atoms with Crippen LogP contribution in [-0.2, 0) is 13.0 Å². The van der Waals surface area contributed by atoms with Gasteiger partial charge in [0.2, 0.25) is 0 Å². The average Bonchev–Trinajstić information content (AvgIpc) is 3.38. The van der Waals surface area contributed by atoms with Gasteiger partial charge >= 0.3 is 0 Å². The lowest BCUT2D eigenvalue weighted by Gasteiger charge is -2.18. The second kappa shape index (κ2) is 5.80. The highest BCUT2D eigenvalue weighted by Crippen LogP contribution is 2.40. The molecule has 0 spiro atoms. The Morgan fingerprint density at radius 3 is 2.57 bits per heavy atom. The number of nitrogens with zero attached hydrogens (tertiary/aromatic N) is 3. The first kappa shape index (κ1) is 15.9. The van der Waals surface area contributed by atoms with Gasteiger partial charge in [-0.15, -0.1) is 0 Å². The summed E-state index contributed by atoms with van der Waals surface area (Å²) < 4.78 is 8.82. The first-order chi connectivity index (χ1) is 14.9. The van der Waals surface area contributed by atoms with Crippen molar-refractivity contribution in [2.45, 2.75) is 13.0 Å². The molecule has 6 aromatic rings. The van der Waals surface area contributed by atoms with Crippen LogP contribution in [0.15, 0.2) is 83.4 Å². The van der Waals surface area contributed by atoms with Crippen LogP contribution >= 0.6 is 0 Å². The Kier molecular flexibility index (Phi) is 3.08. The largest absolute Gasteiger partial charge is 0.453 e. The van der Waals surface area contributed by atoms with E-state index in [9.17, 15) is 0 Å². The number of fused-ring (bicyclic) bond motifs is 9. The molecule has 0 unspecified atom stereocenters. The van der Waals surface area contributed by atoms with Crippen LogP contribution in [0, 0.1) is 0 Å². The average molecular weight is 387 g/mol. The van der Waals surface area contributed by atoms with Crippen LogP contribution < -0.4 is 0 Å². The molecule has 3 aromatic carbocycles. The number of benzene rings is 3. The molecule has 0 fully saturated rings. The van der Waals surface area contributed by atoms with E-state index >= 15 is 0 Å². The molecule has 142 valence electrons. The molecule has 0 aliphatic carbocycles. The number of para-hydroxylation sites is 1. The molecular formula is C26H17N3O. The summed E-state index contributed by atoms with van der Waals surface area (Å²) in [7, 11) is 0. The van der Waals surface area contributed by atoms with E-state index in [2.05, 4.69) is 64.1 Å². The Labute approximate surface area is 172 Å². The van der Waals surface area contributed by atoms with E-state index in [1.165, 1.54) is 11.1 Å². The lowest BCUT2D eigenvalue weighted by molar-refractivity contribution is 0.672. The molecule has 4 heterocycles. The summed E-state index contributed by atoms with van der Waals surface area (Å²) in [5.74, 6) is 1.03. The molecular weight excluding hydrogens is 370 g/mol. The molecule has 3 aromatic heterocycles. The number of rotatable bonds is 1. The van der Waals surface area contributed by atoms with Crippen LogP contribution in [-0.4, -0.2) is 14.5 Å². The molecule has 1 aliphatic heterocycles. The summed E-state index contributed by atoms with van der Waals surface area (Å²) in [5, 5.41) is 2.19. The van der Waals surface area contributed by atoms with Gasteiger partial charge in [0, 0.05) is 34.6 Å². The molecule has 0 saturated carbocycles. The van der Waals surface area contributed by atoms with Gasteiger partial charge < -0.3 is 8.98 Å². The minimum atomic E-state index is 0.852. The van der Waals surface area contributed by atoms with Crippen molar-refractivity contribution < 1.29 is 4.42 Å². The lowest BCUT2D eigenvalue weighted by Crippen LogP contribution is -2.10. The number of furan rings is 1. The van der Waals surface area contributed by atoms with Gasteiger partial charge in [-0.05, 0) is 42.3 Å². The van der Waals surface area contributed by atoms with E-state index in [1.54, 1.807) is 0 Å². The first-order valence-electron chi connectivity index (χ1n) is 10.2. The number of hydrogen-bond acceptors (Lipinski definition) is 3. The maximum atomic E-state index is 6.50. The molecule has 4 heteroatoms. The standard InChI is InChI=1S/C26H17N3O/c1-2-7-17-16(6-1)13-15-29-22-12-11-19-18-8-5-9-20(21-10-3-4-14-27-21)24(18)30-25(19)23(22)28-26(17)29/h1-12,14H,13,15H2. The molecule has 30 heavy (non-hydrogen) atoms. The highest BCUT2D eigenvalue weighted by atomic mass is 16.3. The Hall–Kier alpha value is -3.92. The van der Waals surface area contributed by atoms with Crippen molar-refractivity contribution in [3.63, 3.8) is 0 Å². The third-order valence-electron chi connectivity index (χ3n) is 6.19. The number of aryl methyl sites for hydroxylation is 2. The maximum absolute atomic E-state index is 6.50. The van der Waals surface area contributed by atoms with Crippen molar-refractivity contribution in [3.05, 3.63) is 84.6 Å². The van der Waals surface area contributed by atoms with E-state index in [4.69, 9.17) is 9.40 Å². The zero-order valence-electron chi connectivity index (χ0n) is 16.2. The summed E-state index contributed by atoms with van der Waals surface area (Å²) in [5.41, 5.74) is 8.28. The van der Waals surface area contributed by atoms with E-state index < -0.39 is 0 Å². The normalized spacial score (nSPS) is 13.1. The van der Waals surface area contributed by atoms with Gasteiger partial charge in [-0.2, -0.15) is 0 Å². The molecule has 1 aliphatic rings. The Morgan fingerprint density at radius 2 is 1.63 bits per heavy atom. The molecule has 0 atom stereocenters. The monoisotopic (exact) mass is 387 g/mol. The lowest BCUT2D eigenvalue weighted by atomic mass is 10.0. The van der Waals surface area contributed by atoms with Crippen LogP contribution in [0.5, 0.6) is 0 Å². The second-order valence-electron chi connectivity index (χ2n) is 7.80. The topological polar surface area (TPSA) is 43.9 Å². The number of aromatic nitrogens is 3. The minimum Gasteiger partial charge on any atom is -0.453 e. The van der Waals surface area contributed by atoms with Gasteiger partial charge in [0.05, 0.1) is 11.2 Å². The molecule has 0 bridgehead atoms. The van der Waals surface area contributed by atoms with Crippen LogP contribution in [0.25, 0.3) is 55.6 Å². The van der Waals surface area contributed by atoms with Gasteiger partial charge in [-0.25, -0.2) is 4.98 Å². The van der Waals surface area contributed by atoms with Crippen LogP contribution in [0.2, 0.25) is 0 Å². The zero-order chi connectivity index (χ0) is 19.7. The molecule has 7 rings (SSSR count). The Balaban J connectivity index is 1.57. The molecule has 0 N–H and O–H groups in total. The van der Waals surface area contributed by atoms with Gasteiger partial charge in [0.25, 0.3) is 0 Å². The third kappa shape index (κ3) is 2.05. The summed E-state index contributed by atoms with van der Waals surface area (Å²) in [4.78, 5) is 9.60. The van der Waals surface area contributed by atoms with Crippen molar-refractivity contribution in [3.8, 4) is 22.6 Å². The summed E-state index contributed by atoms with van der Waals surface area (Å²) in [6.07, 6.45) is 2.84. The predicted molar refractivity (Wildman–Crippen MR) is 119 cm³/mol. The Morgan fingerprint density at radius 1 is 0.767 bits per heavy atom. The fraction of sp³-hybridized carbons (Fsp3) is 0.0769. The van der Waals surface area contributed by atoms with Crippen molar-refractivity contribution in [2.24, 2.45) is 0 Å². The van der Waals surface area contributed by atoms with E-state index in [0.717, 1.165) is 63.0 Å². The minimum absolute atomic E-state index is 0.852. The smallest absolute Gasteiger partial charge is 0.163 e. The maximum Gasteiger partial charge on any atom is 0.163 e. The van der Waals surface area contributed by atoms with Gasteiger partial charge in [0.1, 0.15) is 16.9 Å². The zero-order valence-corrected chi connectivity index (χ0v) is 16.2. The van der Waals surface area contributed by atoms with E-state index in [1.807, 2.05) is 24.4 Å². The van der Waals surface area contributed by atoms with E-state index in [0.29, 0.717) is 0 Å². The number of imidazole rings is 1. The fourth-order valence-corrected chi connectivity index (χ4v) is 4.79. The fourth-order valence-electron chi connectivity index (χ4n) is 4.79. The summed E-state index contributed by atoms with van der Waals surface area (Å²) in [6, 6.07) is 25.1. The molecule has 0 amide bonds. The van der Waals surface area contributed by atoms with Crippen LogP contribution in [0.1, 0.15) is 5.56 Å². The highest BCUT2D eigenvalue weighted by molar-refractivity contribution is 6.16. The van der Waals surface area contributed by atoms with Crippen molar-refractivity contribution >= 4 is 33.0 Å². The van der Waals surface area contributed by atoms with Gasteiger partial charge in [-0.3, -0.25) is 4.98 Å². The first-order valence-corrected chi connectivity index (χ1v) is 10.2. The van der Waals surface area contributed by atoms with E-state index in [-0.39, 0.29) is 0 Å². The van der Waals surface area contributed by atoms with Crippen molar-refractivity contribution in [1.29, 1.82) is 0 Å². The molecule has 4 nitrogen and oxygen atoms in total. The van der Waals surface area contributed by atoms with Gasteiger partial charge in [0.15, 0.2) is 5.58 Å². The molecule has 0 radical (unpaired) electrons.